The van der Waals surface area contributed by atoms with Crippen molar-refractivity contribution in [2.75, 3.05) is 18.1 Å². The number of nitrogens with zero attached hydrogens (tertiary/aromatic N) is 2. The van der Waals surface area contributed by atoms with Crippen LogP contribution in [0.15, 0.2) is 54.1 Å². The Morgan fingerprint density at radius 1 is 1.07 bits per heavy atom. The first-order chi connectivity index (χ1) is 20.7. The molecule has 1 amide bonds. The third-order valence-electron chi connectivity index (χ3n) is 7.68. The normalized spacial score (nSPS) is 19.1. The fourth-order valence-corrected chi connectivity index (χ4v) is 6.99. The molecule has 1 saturated heterocycles. The minimum atomic E-state index is -0.940. The zero-order valence-corrected chi connectivity index (χ0v) is 25.7. The molecule has 2 atom stereocenters. The second kappa shape index (κ2) is 11.4. The number of rotatable bonds is 8. The number of aliphatic hydroxyl groups excluding tert-OH is 1. The number of fused-ring (bicyclic) bond motifs is 2. The Labute approximate surface area is 254 Å². The number of ketones is 1. The summed E-state index contributed by atoms with van der Waals surface area (Å²) < 4.78 is 18.6. The van der Waals surface area contributed by atoms with Crippen LogP contribution in [0.25, 0.3) is 16.0 Å². The Bertz CT molecular complexity index is 1790. The van der Waals surface area contributed by atoms with Crippen molar-refractivity contribution in [2.45, 2.75) is 59.6 Å². The van der Waals surface area contributed by atoms with Crippen molar-refractivity contribution in [3.05, 3.63) is 81.9 Å². The van der Waals surface area contributed by atoms with Crippen LogP contribution in [0.4, 0.5) is 5.13 Å². The summed E-state index contributed by atoms with van der Waals surface area (Å²) in [5.74, 6) is 0.0592. The Morgan fingerprint density at radius 2 is 1.88 bits per heavy atom. The molecule has 4 aromatic rings. The average molecular weight is 599 g/mol. The average Bonchev–Trinajstić information content (AvgIpc) is 3.64. The van der Waals surface area contributed by atoms with Crippen molar-refractivity contribution in [3.63, 3.8) is 0 Å². The number of ether oxygens (including phenoxy) is 3. The van der Waals surface area contributed by atoms with Gasteiger partial charge in [-0.1, -0.05) is 30.4 Å². The topological polar surface area (TPSA) is 98.2 Å². The lowest BCUT2D eigenvalue weighted by molar-refractivity contribution is -0.132. The number of aliphatic hydroxyl groups is 1. The number of hydrogen-bond acceptors (Lipinski definition) is 8. The zero-order valence-electron chi connectivity index (χ0n) is 24.9. The molecule has 1 N–H and O–H groups in total. The van der Waals surface area contributed by atoms with Gasteiger partial charge < -0.3 is 19.3 Å². The SMILES string of the molecule is CCCOc1ccc([C@@H]2C(=C(O)c3ccc4c(c3)C[C@H](C)O4)C(=O)C(=O)N2c2nc3c(C)cc(C)cc3s2)cc1OCC. The van der Waals surface area contributed by atoms with Crippen LogP contribution in [-0.4, -0.2) is 41.1 Å². The van der Waals surface area contributed by atoms with Crippen molar-refractivity contribution in [1.82, 2.24) is 4.98 Å². The highest BCUT2D eigenvalue weighted by atomic mass is 32.1. The minimum Gasteiger partial charge on any atom is -0.507 e. The van der Waals surface area contributed by atoms with Gasteiger partial charge in [-0.3, -0.25) is 14.5 Å². The van der Waals surface area contributed by atoms with Crippen LogP contribution >= 0.6 is 11.3 Å². The molecule has 2 aliphatic rings. The van der Waals surface area contributed by atoms with Crippen molar-refractivity contribution in [3.8, 4) is 17.2 Å². The van der Waals surface area contributed by atoms with Gasteiger partial charge in [0.05, 0.1) is 35.0 Å². The molecule has 1 fully saturated rings. The van der Waals surface area contributed by atoms with Gasteiger partial charge in [0, 0.05) is 12.0 Å². The first kappa shape index (κ1) is 28.7. The summed E-state index contributed by atoms with van der Waals surface area (Å²) in [6.45, 7) is 10.8. The molecular weight excluding hydrogens is 564 g/mol. The van der Waals surface area contributed by atoms with Crippen LogP contribution in [0.5, 0.6) is 17.2 Å². The van der Waals surface area contributed by atoms with E-state index in [9.17, 15) is 14.7 Å². The molecule has 0 saturated carbocycles. The second-order valence-electron chi connectivity index (χ2n) is 11.0. The number of aryl methyl sites for hydroxylation is 2. The number of anilines is 1. The van der Waals surface area contributed by atoms with Gasteiger partial charge in [0.1, 0.15) is 17.6 Å². The Hall–Kier alpha value is -4.37. The number of thiazole rings is 1. The molecule has 3 aromatic carbocycles. The van der Waals surface area contributed by atoms with Crippen molar-refractivity contribution in [2.24, 2.45) is 0 Å². The summed E-state index contributed by atoms with van der Waals surface area (Å²) in [4.78, 5) is 33.9. The summed E-state index contributed by atoms with van der Waals surface area (Å²) >= 11 is 1.35. The highest BCUT2D eigenvalue weighted by molar-refractivity contribution is 7.22. The molecule has 2 aliphatic heterocycles. The van der Waals surface area contributed by atoms with Crippen LogP contribution in [0.2, 0.25) is 0 Å². The fraction of sp³-hybridized carbons (Fsp3) is 0.324. The number of aromatic nitrogens is 1. The lowest BCUT2D eigenvalue weighted by atomic mass is 9.94. The Morgan fingerprint density at radius 3 is 2.65 bits per heavy atom. The number of carbonyl (C=O) groups excluding carboxylic acids is 2. The molecule has 0 aliphatic carbocycles. The van der Waals surface area contributed by atoms with Crippen molar-refractivity contribution >= 4 is 44.1 Å². The van der Waals surface area contributed by atoms with E-state index in [1.807, 2.05) is 58.9 Å². The second-order valence-corrected chi connectivity index (χ2v) is 12.0. The van der Waals surface area contributed by atoms with E-state index in [1.165, 1.54) is 16.2 Å². The van der Waals surface area contributed by atoms with E-state index in [0.29, 0.717) is 47.4 Å². The number of amides is 1. The van der Waals surface area contributed by atoms with Gasteiger partial charge in [-0.25, -0.2) is 4.98 Å². The van der Waals surface area contributed by atoms with Crippen molar-refractivity contribution < 1.29 is 28.9 Å². The van der Waals surface area contributed by atoms with Crippen molar-refractivity contribution in [1.29, 1.82) is 0 Å². The highest BCUT2D eigenvalue weighted by Crippen LogP contribution is 2.46. The van der Waals surface area contributed by atoms with E-state index >= 15 is 0 Å². The summed E-state index contributed by atoms with van der Waals surface area (Å²) in [6, 6.07) is 13.8. The molecule has 0 spiro atoms. The summed E-state index contributed by atoms with van der Waals surface area (Å²) in [5.41, 5.74) is 4.82. The lowest BCUT2D eigenvalue weighted by Gasteiger charge is -2.24. The van der Waals surface area contributed by atoms with E-state index in [0.717, 1.165) is 39.1 Å². The lowest BCUT2D eigenvalue weighted by Crippen LogP contribution is -2.29. The number of benzene rings is 3. The van der Waals surface area contributed by atoms with Crippen LogP contribution in [0.1, 0.15) is 61.1 Å². The maximum atomic E-state index is 13.8. The van der Waals surface area contributed by atoms with Gasteiger partial charge in [-0.2, -0.15) is 0 Å². The monoisotopic (exact) mass is 598 g/mol. The smallest absolute Gasteiger partial charge is 0.301 e. The van der Waals surface area contributed by atoms with Gasteiger partial charge in [0.15, 0.2) is 16.6 Å². The maximum absolute atomic E-state index is 13.8. The largest absolute Gasteiger partial charge is 0.507 e. The van der Waals surface area contributed by atoms with Crippen LogP contribution in [0, 0.1) is 13.8 Å². The predicted molar refractivity (Wildman–Crippen MR) is 168 cm³/mol. The Kier molecular flexibility index (Phi) is 7.60. The minimum absolute atomic E-state index is 0.00579. The Balaban J connectivity index is 1.54. The molecule has 222 valence electrons. The number of Topliss-reactive ketones (excluding diaryl/α,β-unsaturated/α-hetero) is 1. The standard InChI is InChI=1S/C34H34N2O6S/c1-6-12-41-25-11-8-21(17-26(25)40-7-2)30-28(31(37)22-9-10-24-23(16-22)15-20(5)42-24)32(38)33(39)36(30)34-35-29-19(4)13-18(3)14-27(29)43-34/h8-11,13-14,16-17,20,30,37H,6-7,12,15H2,1-5H3/t20-,30+/m0/s1. The highest BCUT2D eigenvalue weighted by Gasteiger charge is 2.48. The molecule has 0 radical (unpaired) electrons. The maximum Gasteiger partial charge on any atom is 0.301 e. The molecular formula is C34H34N2O6S. The van der Waals surface area contributed by atoms with Gasteiger partial charge >= 0.3 is 5.91 Å². The van der Waals surface area contributed by atoms with E-state index in [2.05, 4.69) is 0 Å². The van der Waals surface area contributed by atoms with E-state index < -0.39 is 17.7 Å². The van der Waals surface area contributed by atoms with E-state index in [1.54, 1.807) is 24.3 Å². The first-order valence-electron chi connectivity index (χ1n) is 14.6. The third-order valence-corrected chi connectivity index (χ3v) is 8.69. The fourth-order valence-electron chi connectivity index (χ4n) is 5.83. The van der Waals surface area contributed by atoms with Crippen LogP contribution in [0.3, 0.4) is 0 Å². The molecule has 0 bridgehead atoms. The summed E-state index contributed by atoms with van der Waals surface area (Å²) in [7, 11) is 0. The number of hydrogen-bond donors (Lipinski definition) is 1. The van der Waals surface area contributed by atoms with Gasteiger partial charge in [-0.05, 0) is 92.8 Å². The molecule has 0 unspecified atom stereocenters. The molecule has 43 heavy (non-hydrogen) atoms. The third kappa shape index (κ3) is 5.12. The molecule has 9 heteroatoms. The van der Waals surface area contributed by atoms with Gasteiger partial charge in [0.2, 0.25) is 0 Å². The first-order valence-corrected chi connectivity index (χ1v) is 15.4. The predicted octanol–water partition coefficient (Wildman–Crippen LogP) is 7.05. The number of carbonyl (C=O) groups is 2. The van der Waals surface area contributed by atoms with Crippen LogP contribution < -0.4 is 19.1 Å². The molecule has 3 heterocycles. The summed E-state index contributed by atoms with van der Waals surface area (Å²) in [6.07, 6.45) is 1.54. The zero-order chi connectivity index (χ0) is 30.4. The van der Waals surface area contributed by atoms with Crippen LogP contribution in [-0.2, 0) is 16.0 Å². The van der Waals surface area contributed by atoms with E-state index in [-0.39, 0.29) is 17.4 Å². The van der Waals surface area contributed by atoms with Gasteiger partial charge in [0.25, 0.3) is 5.78 Å². The molecule has 8 nitrogen and oxygen atoms in total. The van der Waals surface area contributed by atoms with Gasteiger partial charge in [-0.15, -0.1) is 0 Å². The summed E-state index contributed by atoms with van der Waals surface area (Å²) in [5, 5.41) is 12.1. The quantitative estimate of drug-likeness (QED) is 0.132. The molecule has 1 aromatic heterocycles. The van der Waals surface area contributed by atoms with E-state index in [4.69, 9.17) is 19.2 Å². The molecule has 6 rings (SSSR count).